The van der Waals surface area contributed by atoms with Crippen LogP contribution in [0.4, 0.5) is 0 Å². The lowest BCUT2D eigenvalue weighted by Crippen LogP contribution is -1.87. The summed E-state index contributed by atoms with van der Waals surface area (Å²) in [5.41, 5.74) is 2.62. The molecule has 1 nitrogen and oxygen atoms in total. The average molecular weight is 368 g/mol. The van der Waals surface area contributed by atoms with Gasteiger partial charge in [0, 0.05) is 28.7 Å². The Kier molecular flexibility index (Phi) is 7.17. The maximum Gasteiger partial charge on any atom is 0.0568 e. The van der Waals surface area contributed by atoms with Crippen LogP contribution in [-0.4, -0.2) is 4.57 Å². The molecular weight excluding hydrogens is 338 g/mol. The van der Waals surface area contributed by atoms with Crippen LogP contribution in [0.1, 0.15) is 13.8 Å². The molecule has 0 amide bonds. The lowest BCUT2D eigenvalue weighted by atomic mass is 10.0. The Hall–Kier alpha value is -3.32. The summed E-state index contributed by atoms with van der Waals surface area (Å²) < 4.78 is 2.33. The van der Waals surface area contributed by atoms with Crippen molar-refractivity contribution in [3.05, 3.63) is 99.1 Å². The van der Waals surface area contributed by atoms with Gasteiger partial charge in [-0.05, 0) is 22.2 Å². The summed E-state index contributed by atoms with van der Waals surface area (Å²) in [6, 6.07) is 26.3. The number of rotatable bonds is 0. The van der Waals surface area contributed by atoms with Gasteiger partial charge in [-0.25, -0.2) is 0 Å². The summed E-state index contributed by atoms with van der Waals surface area (Å²) in [7, 11) is 2.17. The average Bonchev–Trinajstić information content (AvgIpc) is 3.11. The van der Waals surface area contributed by atoms with E-state index in [1.807, 2.05) is 13.8 Å². The largest absolute Gasteiger partial charge is 0.343 e. The van der Waals surface area contributed by atoms with Crippen LogP contribution in [0, 0.1) is 0 Å². The second kappa shape index (κ2) is 9.57. The summed E-state index contributed by atoms with van der Waals surface area (Å²) in [5.74, 6) is 0. The fraction of sp³-hybridized carbons (Fsp3) is 0.111. The highest BCUT2D eigenvalue weighted by atomic mass is 14.9. The van der Waals surface area contributed by atoms with Gasteiger partial charge in [-0.3, -0.25) is 0 Å². The molecule has 0 aliphatic heterocycles. The topological polar surface area (TPSA) is 4.93 Å². The molecule has 4 aromatic carbocycles. The summed E-state index contributed by atoms with van der Waals surface area (Å²) >= 11 is 0. The van der Waals surface area contributed by atoms with Crippen LogP contribution >= 0.6 is 0 Å². The van der Waals surface area contributed by atoms with Gasteiger partial charge < -0.3 is 4.57 Å². The van der Waals surface area contributed by atoms with Gasteiger partial charge in [0.25, 0.3) is 0 Å². The number of aryl methyl sites for hydroxylation is 1. The number of nitrogens with zero attached hydrogens (tertiary/aromatic N) is 1. The molecule has 142 valence electrons. The number of fused-ring (bicyclic) bond motifs is 7. The van der Waals surface area contributed by atoms with Crippen molar-refractivity contribution in [3.8, 4) is 0 Å². The number of hydrogen-bond donors (Lipinski definition) is 0. The van der Waals surface area contributed by atoms with E-state index >= 15 is 0 Å². The smallest absolute Gasteiger partial charge is 0.0568 e. The quantitative estimate of drug-likeness (QED) is 0.243. The maximum atomic E-state index is 3.00. The van der Waals surface area contributed by atoms with E-state index in [2.05, 4.69) is 111 Å². The van der Waals surface area contributed by atoms with Crippen molar-refractivity contribution in [2.24, 2.45) is 7.05 Å². The normalized spacial score (nSPS) is 9.82. The summed E-state index contributed by atoms with van der Waals surface area (Å²) in [6.07, 6.45) is 0. The molecule has 1 aromatic heterocycles. The highest BCUT2D eigenvalue weighted by Gasteiger charge is 2.13. The van der Waals surface area contributed by atoms with Crippen LogP contribution in [-0.2, 0) is 7.05 Å². The summed E-state index contributed by atoms with van der Waals surface area (Å²) in [6.45, 7) is 16.0. The van der Waals surface area contributed by atoms with Crippen LogP contribution < -0.4 is 0 Å². The van der Waals surface area contributed by atoms with Crippen LogP contribution in [0.2, 0.25) is 0 Å². The molecule has 1 heteroatoms. The number of aromatic nitrogens is 1. The van der Waals surface area contributed by atoms with Crippen molar-refractivity contribution in [1.29, 1.82) is 0 Å². The SMILES string of the molecule is C=C.C=C.CC.Cn1c2ccc3ccccc3c2c2ccc3ccccc3c21. The third-order valence-electron chi connectivity index (χ3n) is 4.77. The minimum absolute atomic E-state index is 1.30. The van der Waals surface area contributed by atoms with E-state index in [0.717, 1.165) is 0 Å². The van der Waals surface area contributed by atoms with Crippen molar-refractivity contribution in [2.75, 3.05) is 0 Å². The molecule has 5 aromatic rings. The zero-order valence-electron chi connectivity index (χ0n) is 17.2. The fourth-order valence-electron chi connectivity index (χ4n) is 3.76. The van der Waals surface area contributed by atoms with Gasteiger partial charge in [0.05, 0.1) is 5.52 Å². The highest BCUT2D eigenvalue weighted by molar-refractivity contribution is 6.25. The van der Waals surface area contributed by atoms with Crippen LogP contribution in [0.3, 0.4) is 0 Å². The first-order valence-corrected chi connectivity index (χ1v) is 9.62. The third kappa shape index (κ3) is 3.32. The molecule has 0 spiro atoms. The van der Waals surface area contributed by atoms with Crippen molar-refractivity contribution >= 4 is 43.4 Å². The first-order valence-electron chi connectivity index (χ1n) is 9.62. The van der Waals surface area contributed by atoms with E-state index in [4.69, 9.17) is 0 Å². The number of hydrogen-bond acceptors (Lipinski definition) is 0. The van der Waals surface area contributed by atoms with Crippen molar-refractivity contribution in [3.63, 3.8) is 0 Å². The predicted molar refractivity (Wildman–Crippen MR) is 129 cm³/mol. The Balaban J connectivity index is 0.000000430. The second-order valence-corrected chi connectivity index (χ2v) is 5.92. The molecule has 0 fully saturated rings. The van der Waals surface area contributed by atoms with Gasteiger partial charge >= 0.3 is 0 Å². The van der Waals surface area contributed by atoms with E-state index in [0.29, 0.717) is 0 Å². The summed E-state index contributed by atoms with van der Waals surface area (Å²) in [4.78, 5) is 0. The Labute approximate surface area is 168 Å². The van der Waals surface area contributed by atoms with Crippen LogP contribution in [0.15, 0.2) is 99.1 Å². The van der Waals surface area contributed by atoms with Crippen LogP contribution in [0.5, 0.6) is 0 Å². The van der Waals surface area contributed by atoms with Gasteiger partial charge in [0.2, 0.25) is 0 Å². The van der Waals surface area contributed by atoms with Gasteiger partial charge in [0.1, 0.15) is 0 Å². The molecule has 1 heterocycles. The number of benzene rings is 4. The Bertz CT molecular complexity index is 1210. The Morgan fingerprint density at radius 1 is 0.571 bits per heavy atom. The third-order valence-corrected chi connectivity index (χ3v) is 4.77. The molecule has 0 N–H and O–H groups in total. The van der Waals surface area contributed by atoms with E-state index in [1.165, 1.54) is 43.4 Å². The van der Waals surface area contributed by atoms with Gasteiger partial charge in [0.15, 0.2) is 0 Å². The lowest BCUT2D eigenvalue weighted by molar-refractivity contribution is 1.02. The molecule has 0 saturated carbocycles. The Morgan fingerprint density at radius 2 is 1.07 bits per heavy atom. The maximum absolute atomic E-state index is 3.00. The van der Waals surface area contributed by atoms with Gasteiger partial charge in [-0.2, -0.15) is 0 Å². The van der Waals surface area contributed by atoms with E-state index in [-0.39, 0.29) is 0 Å². The molecule has 5 rings (SSSR count). The molecule has 0 aliphatic carbocycles. The molecule has 0 radical (unpaired) electrons. The molecule has 28 heavy (non-hydrogen) atoms. The standard InChI is InChI=1S/C21H15N.C2H6.2C2H4/c1-22-19-13-11-14-6-2-4-8-16(14)20(19)18-12-10-15-7-3-5-9-17(15)21(18)22;3*1-2/h2-13H,1H3;1-2H3;2*1-2H2. The molecule has 0 unspecified atom stereocenters. The molecule has 0 aliphatic rings. The highest BCUT2D eigenvalue weighted by Crippen LogP contribution is 2.37. The summed E-state index contributed by atoms with van der Waals surface area (Å²) in [5, 5.41) is 7.96. The van der Waals surface area contributed by atoms with Crippen molar-refractivity contribution < 1.29 is 0 Å². The molecule has 0 bridgehead atoms. The zero-order chi connectivity index (χ0) is 20.7. The Morgan fingerprint density at radius 3 is 1.71 bits per heavy atom. The van der Waals surface area contributed by atoms with Gasteiger partial charge in [-0.15, -0.1) is 26.3 Å². The fourth-order valence-corrected chi connectivity index (χ4v) is 3.76. The van der Waals surface area contributed by atoms with Crippen molar-refractivity contribution in [2.45, 2.75) is 13.8 Å². The van der Waals surface area contributed by atoms with Gasteiger partial charge in [-0.1, -0.05) is 80.6 Å². The minimum Gasteiger partial charge on any atom is -0.343 e. The van der Waals surface area contributed by atoms with E-state index in [1.54, 1.807) is 0 Å². The van der Waals surface area contributed by atoms with Crippen LogP contribution in [0.25, 0.3) is 43.4 Å². The zero-order valence-corrected chi connectivity index (χ0v) is 17.2. The predicted octanol–water partition coefficient (Wildman–Crippen LogP) is 8.27. The monoisotopic (exact) mass is 367 g/mol. The lowest BCUT2D eigenvalue weighted by Gasteiger charge is -2.02. The molecular formula is C27H29N. The molecule has 0 atom stereocenters. The molecule has 0 saturated heterocycles. The first kappa shape index (κ1) is 21.0. The van der Waals surface area contributed by atoms with E-state index < -0.39 is 0 Å². The van der Waals surface area contributed by atoms with Crippen molar-refractivity contribution in [1.82, 2.24) is 4.57 Å². The first-order chi connectivity index (χ1) is 13.8. The van der Waals surface area contributed by atoms with E-state index in [9.17, 15) is 0 Å². The minimum atomic E-state index is 1.30. The second-order valence-electron chi connectivity index (χ2n) is 5.92.